The van der Waals surface area contributed by atoms with Gasteiger partial charge in [0.05, 0.1) is 6.67 Å². The van der Waals surface area contributed by atoms with Gasteiger partial charge in [0.1, 0.15) is 0 Å². The first-order valence-electron chi connectivity index (χ1n) is 6.45. The van der Waals surface area contributed by atoms with Crippen LogP contribution < -0.4 is 5.32 Å². The Hall–Kier alpha value is -0.930. The Labute approximate surface area is 103 Å². The fraction of sp³-hybridized carbons (Fsp3) is 0.571. The van der Waals surface area contributed by atoms with Crippen LogP contribution in [-0.2, 0) is 6.42 Å². The largest absolute Gasteiger partial charge is 0.314 e. The van der Waals surface area contributed by atoms with Gasteiger partial charge in [0.15, 0.2) is 0 Å². The van der Waals surface area contributed by atoms with Crippen molar-refractivity contribution in [2.75, 3.05) is 32.9 Å². The number of alkyl halides is 1. The third-order valence-electron chi connectivity index (χ3n) is 3.37. The first-order valence-corrected chi connectivity index (χ1v) is 6.45. The molecule has 0 radical (unpaired) electrons. The minimum absolute atomic E-state index is 0.206. The third kappa shape index (κ3) is 3.79. The molecular weight excluding hydrogens is 215 g/mol. The fourth-order valence-electron chi connectivity index (χ4n) is 2.45. The monoisotopic (exact) mass is 236 g/mol. The van der Waals surface area contributed by atoms with Crippen LogP contribution in [0.25, 0.3) is 0 Å². The number of benzene rings is 1. The van der Waals surface area contributed by atoms with Crippen molar-refractivity contribution in [2.45, 2.75) is 18.9 Å². The topological polar surface area (TPSA) is 15.3 Å². The molecule has 1 aliphatic heterocycles. The standard InChI is InChI=1S/C14H21FN2/c15-7-4-9-17-10-8-16-12-14(17)11-13-5-2-1-3-6-13/h1-3,5-6,14,16H,4,7-12H2. The van der Waals surface area contributed by atoms with E-state index in [2.05, 4.69) is 34.5 Å². The second-order valence-corrected chi connectivity index (χ2v) is 4.63. The molecule has 1 saturated heterocycles. The molecule has 1 heterocycles. The number of halogens is 1. The molecule has 1 aromatic rings. The summed E-state index contributed by atoms with van der Waals surface area (Å²) in [6, 6.07) is 11.1. The Kier molecular flexibility index (Phi) is 4.95. The van der Waals surface area contributed by atoms with Crippen molar-refractivity contribution >= 4 is 0 Å². The first-order chi connectivity index (χ1) is 8.40. The van der Waals surface area contributed by atoms with Crippen LogP contribution in [0.15, 0.2) is 30.3 Å². The Morgan fingerprint density at radius 3 is 2.88 bits per heavy atom. The van der Waals surface area contributed by atoms with Gasteiger partial charge in [-0.1, -0.05) is 30.3 Å². The summed E-state index contributed by atoms with van der Waals surface area (Å²) in [5.74, 6) is 0. The SMILES string of the molecule is FCCCN1CCNCC1Cc1ccccc1. The van der Waals surface area contributed by atoms with E-state index in [4.69, 9.17) is 0 Å². The zero-order valence-electron chi connectivity index (χ0n) is 10.2. The lowest BCUT2D eigenvalue weighted by atomic mass is 10.0. The maximum absolute atomic E-state index is 12.3. The normalized spacial score (nSPS) is 21.6. The smallest absolute Gasteiger partial charge is 0.0906 e. The summed E-state index contributed by atoms with van der Waals surface area (Å²) in [7, 11) is 0. The maximum Gasteiger partial charge on any atom is 0.0906 e. The molecule has 2 rings (SSSR count). The lowest BCUT2D eigenvalue weighted by Gasteiger charge is -2.36. The van der Waals surface area contributed by atoms with E-state index in [1.54, 1.807) is 0 Å². The van der Waals surface area contributed by atoms with Crippen molar-refractivity contribution in [2.24, 2.45) is 0 Å². The minimum Gasteiger partial charge on any atom is -0.314 e. The van der Waals surface area contributed by atoms with Gasteiger partial charge < -0.3 is 5.32 Å². The van der Waals surface area contributed by atoms with E-state index in [-0.39, 0.29) is 6.67 Å². The van der Waals surface area contributed by atoms with Gasteiger partial charge in [-0.15, -0.1) is 0 Å². The summed E-state index contributed by atoms with van der Waals surface area (Å²) in [6.45, 7) is 3.76. The van der Waals surface area contributed by atoms with Crippen LogP contribution in [0.4, 0.5) is 4.39 Å². The second-order valence-electron chi connectivity index (χ2n) is 4.63. The third-order valence-corrected chi connectivity index (χ3v) is 3.37. The molecule has 1 aromatic carbocycles. The molecule has 0 bridgehead atoms. The van der Waals surface area contributed by atoms with Crippen molar-refractivity contribution < 1.29 is 4.39 Å². The Morgan fingerprint density at radius 1 is 1.29 bits per heavy atom. The zero-order valence-corrected chi connectivity index (χ0v) is 10.2. The van der Waals surface area contributed by atoms with Crippen LogP contribution in [0.5, 0.6) is 0 Å². The molecule has 1 atom stereocenters. The van der Waals surface area contributed by atoms with Gasteiger partial charge >= 0.3 is 0 Å². The van der Waals surface area contributed by atoms with Crippen molar-refractivity contribution in [3.8, 4) is 0 Å². The van der Waals surface area contributed by atoms with Gasteiger partial charge in [0.25, 0.3) is 0 Å². The molecule has 0 aliphatic carbocycles. The average molecular weight is 236 g/mol. The summed E-state index contributed by atoms with van der Waals surface area (Å²) in [5.41, 5.74) is 1.37. The predicted molar refractivity (Wildman–Crippen MR) is 69.0 cm³/mol. The number of nitrogens with zero attached hydrogens (tertiary/aromatic N) is 1. The van der Waals surface area contributed by atoms with Crippen molar-refractivity contribution in [1.29, 1.82) is 0 Å². The highest BCUT2D eigenvalue weighted by Crippen LogP contribution is 2.11. The van der Waals surface area contributed by atoms with Crippen LogP contribution in [0.3, 0.4) is 0 Å². The van der Waals surface area contributed by atoms with Gasteiger partial charge in [-0.25, -0.2) is 0 Å². The molecule has 1 N–H and O–H groups in total. The summed E-state index contributed by atoms with van der Waals surface area (Å²) in [5, 5.41) is 3.43. The Bertz CT molecular complexity index is 315. The summed E-state index contributed by atoms with van der Waals surface area (Å²) >= 11 is 0. The number of hydrogen-bond donors (Lipinski definition) is 1. The number of piperazine rings is 1. The first kappa shape index (κ1) is 12.5. The van der Waals surface area contributed by atoms with Gasteiger partial charge in [-0.3, -0.25) is 9.29 Å². The highest BCUT2D eigenvalue weighted by atomic mass is 19.1. The Balaban J connectivity index is 1.92. The quantitative estimate of drug-likeness (QED) is 0.839. The van der Waals surface area contributed by atoms with Crippen LogP contribution in [0, 0.1) is 0 Å². The van der Waals surface area contributed by atoms with E-state index < -0.39 is 0 Å². The molecule has 0 aromatic heterocycles. The maximum atomic E-state index is 12.3. The van der Waals surface area contributed by atoms with Crippen molar-refractivity contribution in [3.63, 3.8) is 0 Å². The van der Waals surface area contributed by atoms with Gasteiger partial charge in [0, 0.05) is 32.2 Å². The predicted octanol–water partition coefficient (Wildman–Crippen LogP) is 1.86. The van der Waals surface area contributed by atoms with E-state index in [9.17, 15) is 4.39 Å². The highest BCUT2D eigenvalue weighted by Gasteiger charge is 2.21. The van der Waals surface area contributed by atoms with Gasteiger partial charge in [-0.2, -0.15) is 0 Å². The van der Waals surface area contributed by atoms with E-state index in [1.165, 1.54) is 5.56 Å². The van der Waals surface area contributed by atoms with Crippen LogP contribution in [0.1, 0.15) is 12.0 Å². The molecule has 0 amide bonds. The van der Waals surface area contributed by atoms with E-state index in [0.717, 1.165) is 32.6 Å². The molecule has 0 spiro atoms. The van der Waals surface area contributed by atoms with E-state index in [1.807, 2.05) is 6.07 Å². The molecule has 3 heteroatoms. The summed E-state index contributed by atoms with van der Waals surface area (Å²) in [6.07, 6.45) is 1.71. The molecule has 1 aliphatic rings. The number of rotatable bonds is 5. The molecular formula is C14H21FN2. The van der Waals surface area contributed by atoms with Crippen LogP contribution >= 0.6 is 0 Å². The Morgan fingerprint density at radius 2 is 2.12 bits per heavy atom. The zero-order chi connectivity index (χ0) is 11.9. The molecule has 94 valence electrons. The van der Waals surface area contributed by atoms with Crippen LogP contribution in [-0.4, -0.2) is 43.8 Å². The molecule has 2 nitrogen and oxygen atoms in total. The number of nitrogens with one attached hydrogen (secondary N) is 1. The van der Waals surface area contributed by atoms with Gasteiger partial charge in [-0.05, 0) is 18.4 Å². The second kappa shape index (κ2) is 6.72. The molecule has 17 heavy (non-hydrogen) atoms. The van der Waals surface area contributed by atoms with E-state index in [0.29, 0.717) is 12.5 Å². The van der Waals surface area contributed by atoms with Crippen molar-refractivity contribution in [3.05, 3.63) is 35.9 Å². The van der Waals surface area contributed by atoms with Crippen molar-refractivity contribution in [1.82, 2.24) is 10.2 Å². The summed E-state index contributed by atoms with van der Waals surface area (Å²) < 4.78 is 12.3. The fourth-order valence-corrected chi connectivity index (χ4v) is 2.45. The highest BCUT2D eigenvalue weighted by molar-refractivity contribution is 5.16. The van der Waals surface area contributed by atoms with Crippen LogP contribution in [0.2, 0.25) is 0 Å². The van der Waals surface area contributed by atoms with Gasteiger partial charge in [0.2, 0.25) is 0 Å². The average Bonchev–Trinajstić information content (AvgIpc) is 2.39. The molecule has 0 saturated carbocycles. The molecule has 1 fully saturated rings. The summed E-state index contributed by atoms with van der Waals surface area (Å²) in [4.78, 5) is 2.42. The lowest BCUT2D eigenvalue weighted by molar-refractivity contribution is 0.154. The number of hydrogen-bond acceptors (Lipinski definition) is 2. The van der Waals surface area contributed by atoms with E-state index >= 15 is 0 Å². The molecule has 1 unspecified atom stereocenters. The lowest BCUT2D eigenvalue weighted by Crippen LogP contribution is -2.52. The minimum atomic E-state index is -0.206.